The van der Waals surface area contributed by atoms with Crippen molar-refractivity contribution in [1.82, 2.24) is 9.55 Å². The van der Waals surface area contributed by atoms with Crippen LogP contribution in [0, 0.1) is 0 Å². The highest BCUT2D eigenvalue weighted by Gasteiger charge is 2.30. The molecule has 0 spiro atoms. The van der Waals surface area contributed by atoms with E-state index in [2.05, 4.69) is 15.3 Å². The molecule has 0 unspecified atom stereocenters. The number of nitrogens with one attached hydrogen (secondary N) is 1. The highest BCUT2D eigenvalue weighted by atomic mass is 32.2. The molecule has 174 valence electrons. The molecule has 9 heteroatoms. The Morgan fingerprint density at radius 2 is 2.06 bits per heavy atom. The minimum absolute atomic E-state index is 0.317. The summed E-state index contributed by atoms with van der Waals surface area (Å²) < 4.78 is 41.8. The van der Waals surface area contributed by atoms with Gasteiger partial charge in [0.1, 0.15) is 6.54 Å². The molecule has 3 N–H and O–H groups in total. The third-order valence-corrected chi connectivity index (χ3v) is 6.62. The molecule has 0 atom stereocenters. The predicted octanol–water partition coefficient (Wildman–Crippen LogP) is 5.48. The van der Waals surface area contributed by atoms with Crippen molar-refractivity contribution in [3.63, 3.8) is 0 Å². The molecule has 3 heterocycles. The lowest BCUT2D eigenvalue weighted by atomic mass is 10.1. The van der Waals surface area contributed by atoms with E-state index in [1.165, 1.54) is 17.0 Å². The van der Waals surface area contributed by atoms with Crippen LogP contribution in [0.2, 0.25) is 0 Å². The van der Waals surface area contributed by atoms with Gasteiger partial charge in [0.05, 0.1) is 17.8 Å². The van der Waals surface area contributed by atoms with Gasteiger partial charge in [0, 0.05) is 47.5 Å². The van der Waals surface area contributed by atoms with E-state index in [0.29, 0.717) is 29.4 Å². The Bertz CT molecular complexity index is 1130. The fourth-order valence-electron chi connectivity index (χ4n) is 4.00. The Morgan fingerprint density at radius 1 is 1.24 bits per heavy atom. The van der Waals surface area contributed by atoms with Gasteiger partial charge in [-0.3, -0.25) is 9.98 Å². The number of allylic oxidation sites excluding steroid dienone is 1. The topological polar surface area (TPSA) is 68.2 Å². The summed E-state index contributed by atoms with van der Waals surface area (Å²) >= 11 is 1.93. The number of hydrogen-bond acceptors (Lipinski definition) is 5. The van der Waals surface area contributed by atoms with Gasteiger partial charge in [0.25, 0.3) is 0 Å². The fourth-order valence-corrected chi connectivity index (χ4v) is 5.10. The van der Waals surface area contributed by atoms with E-state index >= 15 is 0 Å². The zero-order valence-corrected chi connectivity index (χ0v) is 18.9. The Hall–Kier alpha value is -2.94. The van der Waals surface area contributed by atoms with Crippen molar-refractivity contribution in [2.45, 2.75) is 38.1 Å². The monoisotopic (exact) mass is 473 g/mol. The summed E-state index contributed by atoms with van der Waals surface area (Å²) in [6, 6.07) is 11.2. The number of nitrogens with two attached hydrogens (primary N) is 1. The molecular weight excluding hydrogens is 447 g/mol. The highest BCUT2D eigenvalue weighted by Crippen LogP contribution is 2.34. The number of hydrogen-bond donors (Lipinski definition) is 2. The van der Waals surface area contributed by atoms with Crippen molar-refractivity contribution in [3.8, 4) is 0 Å². The molecule has 1 fully saturated rings. The normalized spacial score (nSPS) is 16.0. The third kappa shape index (κ3) is 5.90. The maximum Gasteiger partial charge on any atom is 0.406 e. The van der Waals surface area contributed by atoms with Crippen LogP contribution < -0.4 is 11.1 Å². The van der Waals surface area contributed by atoms with E-state index in [4.69, 9.17) is 5.73 Å². The number of alkyl halides is 3. The smallest absolute Gasteiger partial charge is 0.404 e. The maximum atomic E-state index is 13.5. The van der Waals surface area contributed by atoms with Crippen LogP contribution in [-0.4, -0.2) is 39.5 Å². The van der Waals surface area contributed by atoms with Crippen molar-refractivity contribution < 1.29 is 13.2 Å². The number of thioether (sulfide) groups is 1. The van der Waals surface area contributed by atoms with Gasteiger partial charge in [-0.25, -0.2) is 0 Å². The molecule has 0 amide bonds. The van der Waals surface area contributed by atoms with Gasteiger partial charge in [-0.15, -0.1) is 0 Å². The lowest BCUT2D eigenvalue weighted by molar-refractivity contribution is -0.140. The number of fused-ring (bicyclic) bond motifs is 1. The molecule has 0 radical (unpaired) electrons. The van der Waals surface area contributed by atoms with Crippen LogP contribution in [0.4, 0.5) is 18.9 Å². The Kier molecular flexibility index (Phi) is 7.27. The SMILES string of the molecule is N/C=C(\C=NCc1cccnc1)c1cc2c(NC3CCSCC3)cccc2n1CC(F)(F)F. The summed E-state index contributed by atoms with van der Waals surface area (Å²) in [5, 5.41) is 4.29. The first kappa shape index (κ1) is 23.2. The number of aromatic nitrogens is 2. The van der Waals surface area contributed by atoms with E-state index in [9.17, 15) is 13.2 Å². The molecule has 1 aliphatic rings. The number of benzene rings is 1. The summed E-state index contributed by atoms with van der Waals surface area (Å²) in [6.45, 7) is -0.750. The molecule has 0 aliphatic carbocycles. The fraction of sp³-hybridized carbons (Fsp3) is 0.333. The molecule has 1 saturated heterocycles. The number of halogens is 3. The van der Waals surface area contributed by atoms with E-state index in [1.54, 1.807) is 30.6 Å². The third-order valence-electron chi connectivity index (χ3n) is 5.57. The quantitative estimate of drug-likeness (QED) is 0.446. The van der Waals surface area contributed by atoms with Gasteiger partial charge in [0.2, 0.25) is 0 Å². The second-order valence-electron chi connectivity index (χ2n) is 7.95. The first-order valence-electron chi connectivity index (χ1n) is 10.8. The van der Waals surface area contributed by atoms with Crippen LogP contribution >= 0.6 is 11.8 Å². The van der Waals surface area contributed by atoms with Crippen molar-refractivity contribution in [3.05, 3.63) is 66.2 Å². The van der Waals surface area contributed by atoms with Crippen molar-refractivity contribution in [1.29, 1.82) is 0 Å². The number of rotatable bonds is 7. The minimum Gasteiger partial charge on any atom is -0.404 e. The molecule has 0 saturated carbocycles. The number of anilines is 1. The van der Waals surface area contributed by atoms with E-state index < -0.39 is 12.7 Å². The van der Waals surface area contributed by atoms with Gasteiger partial charge in [0.15, 0.2) is 0 Å². The first-order valence-corrected chi connectivity index (χ1v) is 11.9. The van der Waals surface area contributed by atoms with Crippen LogP contribution in [0.5, 0.6) is 0 Å². The molecular formula is C24H26F3N5S. The zero-order valence-electron chi connectivity index (χ0n) is 18.1. The van der Waals surface area contributed by atoms with E-state index in [-0.39, 0.29) is 0 Å². The Labute approximate surface area is 195 Å². The van der Waals surface area contributed by atoms with Crippen LogP contribution in [0.25, 0.3) is 16.5 Å². The Morgan fingerprint density at radius 3 is 2.76 bits per heavy atom. The van der Waals surface area contributed by atoms with Crippen LogP contribution in [0.3, 0.4) is 0 Å². The summed E-state index contributed by atoms with van der Waals surface area (Å²) in [7, 11) is 0. The molecule has 4 rings (SSSR count). The maximum absolute atomic E-state index is 13.5. The minimum atomic E-state index is -4.38. The molecule has 3 aromatic rings. The average Bonchev–Trinajstić information content (AvgIpc) is 3.16. The van der Waals surface area contributed by atoms with Crippen molar-refractivity contribution >= 4 is 40.1 Å². The molecule has 2 aromatic heterocycles. The van der Waals surface area contributed by atoms with Crippen molar-refractivity contribution in [2.75, 3.05) is 16.8 Å². The van der Waals surface area contributed by atoms with Crippen LogP contribution in [0.15, 0.2) is 60.0 Å². The molecule has 1 aromatic carbocycles. The average molecular weight is 474 g/mol. The lowest BCUT2D eigenvalue weighted by Gasteiger charge is -2.24. The lowest BCUT2D eigenvalue weighted by Crippen LogP contribution is -2.24. The second-order valence-corrected chi connectivity index (χ2v) is 9.18. The van der Waals surface area contributed by atoms with E-state index in [0.717, 1.165) is 41.0 Å². The van der Waals surface area contributed by atoms with Gasteiger partial charge in [-0.2, -0.15) is 24.9 Å². The molecule has 0 bridgehead atoms. The predicted molar refractivity (Wildman–Crippen MR) is 131 cm³/mol. The standard InChI is InChI=1S/C24H26F3N5S/c25-24(26,27)16-32-22-5-1-4-21(31-19-6-9-33-10-7-19)20(22)11-23(32)18(12-28)15-30-14-17-3-2-8-29-13-17/h1-5,8,11-13,15,19,31H,6-7,9-10,14,16,28H2/b18-12+,30-15?. The van der Waals surface area contributed by atoms with Crippen LogP contribution in [0.1, 0.15) is 24.1 Å². The summed E-state index contributed by atoms with van der Waals surface area (Å²) in [5.41, 5.74) is 8.92. The van der Waals surface area contributed by atoms with Crippen molar-refractivity contribution in [2.24, 2.45) is 10.7 Å². The summed E-state index contributed by atoms with van der Waals surface area (Å²) in [5.74, 6) is 2.17. The number of pyridine rings is 1. The highest BCUT2D eigenvalue weighted by molar-refractivity contribution is 7.99. The second kappa shape index (κ2) is 10.3. The largest absolute Gasteiger partial charge is 0.406 e. The number of nitrogens with zero attached hydrogens (tertiary/aromatic N) is 3. The van der Waals surface area contributed by atoms with E-state index in [1.807, 2.05) is 30.0 Å². The first-order chi connectivity index (χ1) is 15.9. The van der Waals surface area contributed by atoms with Gasteiger partial charge in [-0.05, 0) is 54.2 Å². The summed E-state index contributed by atoms with van der Waals surface area (Å²) in [6.07, 6.45) is 3.89. The van der Waals surface area contributed by atoms with Gasteiger partial charge < -0.3 is 15.6 Å². The van der Waals surface area contributed by atoms with Gasteiger partial charge in [-0.1, -0.05) is 12.1 Å². The van der Waals surface area contributed by atoms with Gasteiger partial charge >= 0.3 is 6.18 Å². The zero-order chi connectivity index (χ0) is 23.3. The number of aliphatic imine (C=N–C) groups is 1. The molecule has 33 heavy (non-hydrogen) atoms. The molecule has 5 nitrogen and oxygen atoms in total. The molecule has 1 aliphatic heterocycles. The summed E-state index contributed by atoms with van der Waals surface area (Å²) in [4.78, 5) is 8.44. The van der Waals surface area contributed by atoms with Crippen LogP contribution in [-0.2, 0) is 13.1 Å². The Balaban J connectivity index is 1.70.